The summed E-state index contributed by atoms with van der Waals surface area (Å²) >= 11 is 1.88. The summed E-state index contributed by atoms with van der Waals surface area (Å²) in [5, 5.41) is 4.17. The molecule has 0 bridgehead atoms. The van der Waals surface area contributed by atoms with Crippen LogP contribution in [0.4, 0.5) is 5.82 Å². The maximum Gasteiger partial charge on any atom is 0.240 e. The van der Waals surface area contributed by atoms with Gasteiger partial charge in [-0.15, -0.1) is 0 Å². The molecule has 182 valence electrons. The topological polar surface area (TPSA) is 87.4 Å². The number of piperazine rings is 1. The molecule has 0 saturated carbocycles. The minimum absolute atomic E-state index is 0.0525. The van der Waals surface area contributed by atoms with Crippen molar-refractivity contribution in [2.24, 2.45) is 11.7 Å². The molecular formula is C26H36N6OS. The summed E-state index contributed by atoms with van der Waals surface area (Å²) in [7, 11) is 0. The molecule has 1 atom stereocenters. The normalized spacial score (nSPS) is 16.9. The number of amides is 1. The van der Waals surface area contributed by atoms with Crippen LogP contribution in [0.25, 0.3) is 10.9 Å². The Balaban J connectivity index is 1.63. The number of rotatable bonds is 11. The van der Waals surface area contributed by atoms with Crippen LogP contribution >= 0.6 is 11.9 Å². The van der Waals surface area contributed by atoms with Gasteiger partial charge in [0.2, 0.25) is 5.91 Å². The number of para-hydroxylation sites is 1. The molecule has 8 heteroatoms. The lowest BCUT2D eigenvalue weighted by Crippen LogP contribution is -2.43. The Labute approximate surface area is 207 Å². The summed E-state index contributed by atoms with van der Waals surface area (Å²) in [5.74, 6) is 2.08. The van der Waals surface area contributed by atoms with E-state index in [4.69, 9.17) is 15.7 Å². The Bertz CT molecular complexity index is 1040. The first-order chi connectivity index (χ1) is 16.4. The molecule has 2 heterocycles. The number of allylic oxidation sites excluding steroid dienone is 4. The molecule has 34 heavy (non-hydrogen) atoms. The van der Waals surface area contributed by atoms with Gasteiger partial charge in [-0.3, -0.25) is 9.69 Å². The SMILES string of the molecule is C=C/C=C\C=C(/C)CSN1CCN(Cc2nc(NC(C(N)=O)C(C)C)c3ccccc3n2)CC1. The maximum atomic E-state index is 12.0. The van der Waals surface area contributed by atoms with Gasteiger partial charge < -0.3 is 11.1 Å². The number of nitrogens with two attached hydrogens (primary N) is 1. The van der Waals surface area contributed by atoms with Crippen LogP contribution in [0.3, 0.4) is 0 Å². The summed E-state index contributed by atoms with van der Waals surface area (Å²) in [5.41, 5.74) is 7.84. The Morgan fingerprint density at radius 3 is 2.62 bits per heavy atom. The minimum Gasteiger partial charge on any atom is -0.368 e. The van der Waals surface area contributed by atoms with Crippen molar-refractivity contribution in [3.05, 3.63) is 66.5 Å². The first kappa shape index (κ1) is 25.9. The highest BCUT2D eigenvalue weighted by atomic mass is 32.2. The number of aromatic nitrogens is 2. The number of hydrogen-bond acceptors (Lipinski definition) is 7. The molecule has 1 saturated heterocycles. The molecule has 0 radical (unpaired) electrons. The zero-order valence-corrected chi connectivity index (χ0v) is 21.2. The zero-order chi connectivity index (χ0) is 24.5. The van der Waals surface area contributed by atoms with Gasteiger partial charge in [-0.2, -0.15) is 0 Å². The second kappa shape index (κ2) is 12.7. The highest BCUT2D eigenvalue weighted by Crippen LogP contribution is 2.23. The van der Waals surface area contributed by atoms with E-state index in [1.807, 2.05) is 62.2 Å². The number of anilines is 1. The minimum atomic E-state index is -0.489. The van der Waals surface area contributed by atoms with Gasteiger partial charge in [0.1, 0.15) is 17.7 Å². The number of benzene rings is 1. The second-order valence-electron chi connectivity index (χ2n) is 8.89. The molecule has 1 aliphatic heterocycles. The van der Waals surface area contributed by atoms with Gasteiger partial charge in [-0.05, 0) is 25.0 Å². The van der Waals surface area contributed by atoms with Gasteiger partial charge in [0.05, 0.1) is 12.1 Å². The predicted octanol–water partition coefficient (Wildman–Crippen LogP) is 4.01. The third kappa shape index (κ3) is 7.41. The van der Waals surface area contributed by atoms with Crippen LogP contribution in [0.1, 0.15) is 26.6 Å². The fraction of sp³-hybridized carbons (Fsp3) is 0.423. The van der Waals surface area contributed by atoms with Gasteiger partial charge in [0, 0.05) is 37.3 Å². The van der Waals surface area contributed by atoms with E-state index in [0.29, 0.717) is 12.4 Å². The zero-order valence-electron chi connectivity index (χ0n) is 20.4. The standard InChI is InChI=1S/C26H36N6OS/c1-5-6-7-10-20(4)18-34-32-15-13-31(14-16-32)17-23-28-22-12-9-8-11-21(22)26(29-23)30-24(19(2)3)25(27)33/h5-12,19,24H,1,13-18H2,2-4H3,(H2,27,33)(H,28,29,30)/b7-6-,20-10+. The average Bonchev–Trinajstić information content (AvgIpc) is 2.81. The van der Waals surface area contributed by atoms with Crippen molar-refractivity contribution < 1.29 is 4.79 Å². The first-order valence-electron chi connectivity index (χ1n) is 11.7. The summed E-state index contributed by atoms with van der Waals surface area (Å²) in [6.45, 7) is 14.4. The average molecular weight is 481 g/mol. The molecule has 0 spiro atoms. The summed E-state index contributed by atoms with van der Waals surface area (Å²) in [6.07, 6.45) is 7.89. The van der Waals surface area contributed by atoms with E-state index in [0.717, 1.165) is 48.7 Å². The van der Waals surface area contributed by atoms with E-state index in [9.17, 15) is 4.79 Å². The monoisotopic (exact) mass is 480 g/mol. The van der Waals surface area contributed by atoms with Gasteiger partial charge in [-0.25, -0.2) is 14.3 Å². The molecule has 1 aromatic heterocycles. The lowest BCUT2D eigenvalue weighted by Gasteiger charge is -2.33. The molecule has 7 nitrogen and oxygen atoms in total. The van der Waals surface area contributed by atoms with Crippen LogP contribution in [0.2, 0.25) is 0 Å². The lowest BCUT2D eigenvalue weighted by atomic mass is 10.0. The van der Waals surface area contributed by atoms with Crippen molar-refractivity contribution in [3.63, 3.8) is 0 Å². The van der Waals surface area contributed by atoms with Gasteiger partial charge >= 0.3 is 0 Å². The molecule has 1 aliphatic rings. The fourth-order valence-corrected chi connectivity index (χ4v) is 4.68. The van der Waals surface area contributed by atoms with Crippen molar-refractivity contribution in [2.45, 2.75) is 33.4 Å². The van der Waals surface area contributed by atoms with Crippen molar-refractivity contribution >= 4 is 34.6 Å². The number of fused-ring (bicyclic) bond motifs is 1. The fourth-order valence-electron chi connectivity index (χ4n) is 3.78. The van der Waals surface area contributed by atoms with E-state index >= 15 is 0 Å². The number of carbonyl (C=O) groups excluding carboxylic acids is 1. The van der Waals surface area contributed by atoms with Crippen molar-refractivity contribution in [2.75, 3.05) is 37.2 Å². The number of hydrogen-bond donors (Lipinski definition) is 2. The van der Waals surface area contributed by atoms with Crippen LogP contribution < -0.4 is 11.1 Å². The predicted molar refractivity (Wildman–Crippen MR) is 143 cm³/mol. The van der Waals surface area contributed by atoms with Crippen LogP contribution in [0.5, 0.6) is 0 Å². The molecule has 3 rings (SSSR count). The quantitative estimate of drug-likeness (QED) is 0.371. The Kier molecular flexibility index (Phi) is 9.68. The van der Waals surface area contributed by atoms with Crippen molar-refractivity contribution in [3.8, 4) is 0 Å². The van der Waals surface area contributed by atoms with E-state index in [1.165, 1.54) is 5.57 Å². The van der Waals surface area contributed by atoms with Gasteiger partial charge in [-0.1, -0.05) is 74.4 Å². The molecule has 1 unspecified atom stereocenters. The summed E-state index contributed by atoms with van der Waals surface area (Å²) in [6, 6.07) is 7.39. The molecule has 1 amide bonds. The van der Waals surface area contributed by atoms with Gasteiger partial charge in [0.15, 0.2) is 0 Å². The van der Waals surface area contributed by atoms with Gasteiger partial charge in [0.25, 0.3) is 0 Å². The molecular weight excluding hydrogens is 444 g/mol. The Morgan fingerprint density at radius 2 is 1.94 bits per heavy atom. The molecule has 2 aromatic rings. The highest BCUT2D eigenvalue weighted by molar-refractivity contribution is 7.97. The third-order valence-electron chi connectivity index (χ3n) is 5.71. The first-order valence-corrected chi connectivity index (χ1v) is 12.7. The van der Waals surface area contributed by atoms with Crippen molar-refractivity contribution in [1.29, 1.82) is 0 Å². The number of nitrogens with one attached hydrogen (secondary N) is 1. The van der Waals surface area contributed by atoms with E-state index in [-0.39, 0.29) is 11.8 Å². The largest absolute Gasteiger partial charge is 0.368 e. The summed E-state index contributed by atoms with van der Waals surface area (Å²) < 4.78 is 2.43. The summed E-state index contributed by atoms with van der Waals surface area (Å²) in [4.78, 5) is 23.9. The Morgan fingerprint density at radius 1 is 1.21 bits per heavy atom. The molecule has 1 fully saturated rings. The third-order valence-corrected chi connectivity index (χ3v) is 7.03. The van der Waals surface area contributed by atoms with E-state index < -0.39 is 6.04 Å². The van der Waals surface area contributed by atoms with Crippen molar-refractivity contribution in [1.82, 2.24) is 19.2 Å². The maximum absolute atomic E-state index is 12.0. The number of nitrogens with zero attached hydrogens (tertiary/aromatic N) is 4. The lowest BCUT2D eigenvalue weighted by molar-refractivity contribution is -0.119. The molecule has 0 aliphatic carbocycles. The highest BCUT2D eigenvalue weighted by Gasteiger charge is 2.22. The smallest absolute Gasteiger partial charge is 0.240 e. The molecule has 1 aromatic carbocycles. The van der Waals surface area contributed by atoms with E-state index in [2.05, 4.69) is 34.1 Å². The van der Waals surface area contributed by atoms with Crippen LogP contribution in [0.15, 0.2) is 60.7 Å². The Hall–Kier alpha value is -2.68. The molecule has 3 N–H and O–H groups in total. The number of primary amides is 1. The van der Waals surface area contributed by atoms with E-state index in [1.54, 1.807) is 6.08 Å². The number of carbonyl (C=O) groups is 1. The van der Waals surface area contributed by atoms with Crippen LogP contribution in [-0.4, -0.2) is 63.1 Å². The second-order valence-corrected chi connectivity index (χ2v) is 9.95. The van der Waals surface area contributed by atoms with Crippen LogP contribution in [-0.2, 0) is 11.3 Å². The van der Waals surface area contributed by atoms with Crippen LogP contribution in [0, 0.1) is 5.92 Å².